The van der Waals surface area contributed by atoms with Gasteiger partial charge in [-0.15, -0.1) is 0 Å². The van der Waals surface area contributed by atoms with Crippen LogP contribution in [0.15, 0.2) is 54.7 Å². The van der Waals surface area contributed by atoms with E-state index in [0.717, 1.165) is 22.9 Å². The maximum absolute atomic E-state index is 12.7. The fourth-order valence-corrected chi connectivity index (χ4v) is 2.38. The molecule has 0 radical (unpaired) electrons. The lowest BCUT2D eigenvalue weighted by molar-refractivity contribution is -0.141. The third-order valence-electron chi connectivity index (χ3n) is 3.45. The third-order valence-corrected chi connectivity index (χ3v) is 3.45. The monoisotopic (exact) mass is 332 g/mol. The predicted octanol–water partition coefficient (Wildman–Crippen LogP) is 4.11. The highest BCUT2D eigenvalue weighted by Gasteiger charge is 2.32. The molecule has 7 heteroatoms. The molecule has 4 nitrogen and oxygen atoms in total. The fourth-order valence-electron chi connectivity index (χ4n) is 2.38. The summed E-state index contributed by atoms with van der Waals surface area (Å²) in [5, 5.41) is 7.36. The Bertz CT molecular complexity index is 825. The van der Waals surface area contributed by atoms with E-state index in [0.29, 0.717) is 6.54 Å². The summed E-state index contributed by atoms with van der Waals surface area (Å²) >= 11 is 0. The van der Waals surface area contributed by atoms with Crippen LogP contribution < -0.4 is 5.32 Å². The topological polar surface area (TPSA) is 42.7 Å². The zero-order valence-corrected chi connectivity index (χ0v) is 12.9. The van der Waals surface area contributed by atoms with Crippen molar-refractivity contribution in [2.45, 2.75) is 12.7 Å². The molecule has 0 spiro atoms. The minimum absolute atomic E-state index is 0.174. The summed E-state index contributed by atoms with van der Waals surface area (Å²) in [7, 11) is 1.80. The lowest BCUT2D eigenvalue weighted by Gasteiger charge is -2.09. The summed E-state index contributed by atoms with van der Waals surface area (Å²) < 4.78 is 39.8. The molecule has 0 atom stereocenters. The van der Waals surface area contributed by atoms with Gasteiger partial charge in [0.15, 0.2) is 0 Å². The lowest BCUT2D eigenvalue weighted by atomic mass is 10.1. The van der Waals surface area contributed by atoms with Crippen LogP contribution in [0.25, 0.3) is 11.3 Å². The summed E-state index contributed by atoms with van der Waals surface area (Å²) in [4.78, 5) is 3.60. The number of nitrogens with zero attached hydrogens (tertiary/aromatic N) is 3. The number of hydrogen-bond acceptors (Lipinski definition) is 3. The van der Waals surface area contributed by atoms with Gasteiger partial charge in [0.05, 0.1) is 5.69 Å². The quantitative estimate of drug-likeness (QED) is 0.782. The molecular weight excluding hydrogens is 317 g/mol. The number of hydrogen-bond donors (Lipinski definition) is 1. The first-order chi connectivity index (χ1) is 11.4. The third kappa shape index (κ3) is 3.56. The van der Waals surface area contributed by atoms with E-state index in [4.69, 9.17) is 0 Å². The van der Waals surface area contributed by atoms with Crippen molar-refractivity contribution in [1.82, 2.24) is 14.8 Å². The molecule has 0 aliphatic heterocycles. The van der Waals surface area contributed by atoms with Crippen LogP contribution in [0, 0.1) is 0 Å². The molecule has 3 rings (SSSR count). The fraction of sp³-hybridized carbons (Fsp3) is 0.176. The van der Waals surface area contributed by atoms with Gasteiger partial charge in [0.1, 0.15) is 11.5 Å². The Balaban J connectivity index is 1.81. The van der Waals surface area contributed by atoms with Gasteiger partial charge >= 0.3 is 6.18 Å². The van der Waals surface area contributed by atoms with E-state index >= 15 is 0 Å². The molecule has 0 saturated heterocycles. The summed E-state index contributed by atoms with van der Waals surface area (Å²) in [6.45, 7) is 0.326. The molecule has 0 aliphatic rings. The van der Waals surface area contributed by atoms with Gasteiger partial charge in [-0.25, -0.2) is 4.98 Å². The SMILES string of the molecule is Cn1cc(CNc2cccc(C(F)(F)F)n2)c(-c2ccccc2)n1. The summed E-state index contributed by atoms with van der Waals surface area (Å²) in [5.41, 5.74) is 1.70. The van der Waals surface area contributed by atoms with Crippen LogP contribution >= 0.6 is 0 Å². The molecule has 1 N–H and O–H groups in total. The standard InChI is InChI=1S/C17H15F3N4/c1-24-11-13(16(23-24)12-6-3-2-4-7-12)10-21-15-9-5-8-14(22-15)17(18,19)20/h2-9,11H,10H2,1H3,(H,21,22). The van der Waals surface area contributed by atoms with Crippen LogP contribution in [0.3, 0.4) is 0 Å². The van der Waals surface area contributed by atoms with E-state index in [1.807, 2.05) is 36.5 Å². The Kier molecular flexibility index (Phi) is 4.24. The molecule has 0 aliphatic carbocycles. The first-order valence-corrected chi connectivity index (χ1v) is 7.29. The number of halogens is 3. The van der Waals surface area contributed by atoms with E-state index in [1.54, 1.807) is 11.7 Å². The van der Waals surface area contributed by atoms with Crippen molar-refractivity contribution in [3.63, 3.8) is 0 Å². The van der Waals surface area contributed by atoms with Gasteiger partial charge in [0.2, 0.25) is 0 Å². The van der Waals surface area contributed by atoms with Crippen molar-refractivity contribution < 1.29 is 13.2 Å². The molecule has 0 unspecified atom stereocenters. The van der Waals surface area contributed by atoms with Crippen LogP contribution in [0.1, 0.15) is 11.3 Å². The van der Waals surface area contributed by atoms with Crippen molar-refractivity contribution in [2.24, 2.45) is 7.05 Å². The van der Waals surface area contributed by atoms with E-state index in [1.165, 1.54) is 12.1 Å². The summed E-state index contributed by atoms with van der Waals surface area (Å²) in [6.07, 6.45) is -2.62. The largest absolute Gasteiger partial charge is 0.433 e. The van der Waals surface area contributed by atoms with Crippen molar-refractivity contribution in [3.8, 4) is 11.3 Å². The second-order valence-corrected chi connectivity index (χ2v) is 5.30. The summed E-state index contributed by atoms with van der Waals surface area (Å²) in [6, 6.07) is 13.4. The number of aryl methyl sites for hydroxylation is 1. The Morgan fingerprint density at radius 1 is 1.04 bits per heavy atom. The Hall–Kier alpha value is -2.83. The van der Waals surface area contributed by atoms with Crippen molar-refractivity contribution in [3.05, 3.63) is 66.0 Å². The van der Waals surface area contributed by atoms with Gasteiger partial charge in [0.25, 0.3) is 0 Å². The van der Waals surface area contributed by atoms with Gasteiger partial charge in [-0.3, -0.25) is 4.68 Å². The van der Waals surface area contributed by atoms with Crippen LogP contribution in [-0.4, -0.2) is 14.8 Å². The zero-order valence-electron chi connectivity index (χ0n) is 12.9. The molecule has 1 aromatic carbocycles. The van der Waals surface area contributed by atoms with E-state index in [2.05, 4.69) is 15.4 Å². The van der Waals surface area contributed by atoms with Crippen molar-refractivity contribution in [1.29, 1.82) is 0 Å². The highest BCUT2D eigenvalue weighted by atomic mass is 19.4. The van der Waals surface area contributed by atoms with Crippen molar-refractivity contribution in [2.75, 3.05) is 5.32 Å². The lowest BCUT2D eigenvalue weighted by Crippen LogP contribution is -2.10. The van der Waals surface area contributed by atoms with Crippen LogP contribution in [-0.2, 0) is 19.8 Å². The molecule has 0 amide bonds. The van der Waals surface area contributed by atoms with Crippen LogP contribution in [0.2, 0.25) is 0 Å². The van der Waals surface area contributed by atoms with Gasteiger partial charge in [-0.1, -0.05) is 36.4 Å². The van der Waals surface area contributed by atoms with Gasteiger partial charge in [0, 0.05) is 30.9 Å². The normalized spacial score (nSPS) is 11.5. The highest BCUT2D eigenvalue weighted by Crippen LogP contribution is 2.28. The highest BCUT2D eigenvalue weighted by molar-refractivity contribution is 5.63. The van der Waals surface area contributed by atoms with Crippen molar-refractivity contribution >= 4 is 5.82 Å². The summed E-state index contributed by atoms with van der Waals surface area (Å²) in [5.74, 6) is 0.174. The number of nitrogens with one attached hydrogen (secondary N) is 1. The number of rotatable bonds is 4. The number of benzene rings is 1. The minimum atomic E-state index is -4.46. The first-order valence-electron chi connectivity index (χ1n) is 7.29. The van der Waals surface area contributed by atoms with E-state index in [-0.39, 0.29) is 5.82 Å². The van der Waals surface area contributed by atoms with E-state index < -0.39 is 11.9 Å². The second kappa shape index (κ2) is 6.35. The molecule has 0 bridgehead atoms. The van der Waals surface area contributed by atoms with Gasteiger partial charge in [-0.2, -0.15) is 18.3 Å². The van der Waals surface area contributed by atoms with Gasteiger partial charge < -0.3 is 5.32 Å². The second-order valence-electron chi connectivity index (χ2n) is 5.30. The average Bonchev–Trinajstić information content (AvgIpc) is 2.94. The minimum Gasteiger partial charge on any atom is -0.366 e. The molecule has 3 aromatic rings. The maximum atomic E-state index is 12.7. The molecule has 2 heterocycles. The number of pyridine rings is 1. The van der Waals surface area contributed by atoms with E-state index in [9.17, 15) is 13.2 Å². The predicted molar refractivity (Wildman–Crippen MR) is 85.2 cm³/mol. The first kappa shape index (κ1) is 16.0. The Morgan fingerprint density at radius 3 is 2.50 bits per heavy atom. The zero-order chi connectivity index (χ0) is 17.2. The molecule has 0 saturated carbocycles. The molecule has 124 valence electrons. The Labute approximate surface area is 137 Å². The molecule has 24 heavy (non-hydrogen) atoms. The van der Waals surface area contributed by atoms with Crippen LogP contribution in [0.5, 0.6) is 0 Å². The molecule has 2 aromatic heterocycles. The smallest absolute Gasteiger partial charge is 0.366 e. The van der Waals surface area contributed by atoms with Crippen LogP contribution in [0.4, 0.5) is 19.0 Å². The average molecular weight is 332 g/mol. The van der Waals surface area contributed by atoms with Gasteiger partial charge in [-0.05, 0) is 12.1 Å². The number of aromatic nitrogens is 3. The Morgan fingerprint density at radius 2 is 1.79 bits per heavy atom. The number of anilines is 1. The maximum Gasteiger partial charge on any atom is 0.433 e. The molecule has 0 fully saturated rings. The number of alkyl halides is 3. The molecular formula is C17H15F3N4.